The minimum absolute atomic E-state index is 0.0582. The van der Waals surface area contributed by atoms with E-state index in [-0.39, 0.29) is 11.3 Å². The van der Waals surface area contributed by atoms with Crippen LogP contribution in [0.1, 0.15) is 20.1 Å². The van der Waals surface area contributed by atoms with E-state index in [2.05, 4.69) is 10.5 Å². The molecular formula is C13H12N2O2S. The van der Waals surface area contributed by atoms with Gasteiger partial charge in [-0.3, -0.25) is 4.79 Å². The molecule has 1 aromatic heterocycles. The first-order valence-corrected chi connectivity index (χ1v) is 6.16. The first kappa shape index (κ1) is 12.3. The molecule has 18 heavy (non-hydrogen) atoms. The van der Waals surface area contributed by atoms with Crippen molar-refractivity contribution in [2.24, 2.45) is 5.10 Å². The fourth-order valence-corrected chi connectivity index (χ4v) is 2.15. The summed E-state index contributed by atoms with van der Waals surface area (Å²) in [5, 5.41) is 13.3. The van der Waals surface area contributed by atoms with Crippen molar-refractivity contribution in [3.63, 3.8) is 0 Å². The maximum atomic E-state index is 11.7. The Kier molecular flexibility index (Phi) is 3.74. The van der Waals surface area contributed by atoms with E-state index in [1.165, 1.54) is 17.0 Å². The van der Waals surface area contributed by atoms with Gasteiger partial charge in [-0.2, -0.15) is 5.10 Å². The molecule has 0 bridgehead atoms. The lowest BCUT2D eigenvalue weighted by Crippen LogP contribution is -2.17. The van der Waals surface area contributed by atoms with Crippen molar-refractivity contribution in [1.29, 1.82) is 0 Å². The average molecular weight is 260 g/mol. The molecule has 0 spiro atoms. The first-order chi connectivity index (χ1) is 8.66. The number of para-hydroxylation sites is 1. The van der Waals surface area contributed by atoms with E-state index in [4.69, 9.17) is 0 Å². The molecule has 5 heteroatoms. The fourth-order valence-electron chi connectivity index (χ4n) is 1.40. The van der Waals surface area contributed by atoms with Crippen LogP contribution in [0.4, 0.5) is 0 Å². The minimum Gasteiger partial charge on any atom is -0.507 e. The van der Waals surface area contributed by atoms with Crippen LogP contribution in [0, 0.1) is 6.92 Å². The number of phenols is 1. The second-order valence-electron chi connectivity index (χ2n) is 3.66. The minimum atomic E-state index is -0.433. The standard InChI is InChI=1S/C13H12N2O2S/c1-9-6-7-10(18-9)8-14-15-13(17)11-4-2-3-5-12(11)16/h2-8,16H,1H3,(H,15,17)/b14-8-. The van der Waals surface area contributed by atoms with Crippen molar-refractivity contribution in [2.75, 3.05) is 0 Å². The fraction of sp³-hybridized carbons (Fsp3) is 0.0769. The Balaban J connectivity index is 2.01. The van der Waals surface area contributed by atoms with Crippen LogP contribution in [0.5, 0.6) is 5.75 Å². The third-order valence-corrected chi connectivity index (χ3v) is 3.20. The number of benzene rings is 1. The van der Waals surface area contributed by atoms with Gasteiger partial charge in [-0.1, -0.05) is 12.1 Å². The molecule has 0 radical (unpaired) electrons. The largest absolute Gasteiger partial charge is 0.507 e. The normalized spacial score (nSPS) is 10.7. The van der Waals surface area contributed by atoms with Gasteiger partial charge in [0.05, 0.1) is 11.8 Å². The highest BCUT2D eigenvalue weighted by atomic mass is 32.1. The van der Waals surface area contributed by atoms with Gasteiger partial charge >= 0.3 is 0 Å². The van der Waals surface area contributed by atoms with Crippen molar-refractivity contribution < 1.29 is 9.90 Å². The van der Waals surface area contributed by atoms with Crippen LogP contribution in [0.3, 0.4) is 0 Å². The van der Waals surface area contributed by atoms with Gasteiger partial charge in [0.15, 0.2) is 0 Å². The molecule has 4 nitrogen and oxygen atoms in total. The zero-order valence-corrected chi connectivity index (χ0v) is 10.6. The second-order valence-corrected chi connectivity index (χ2v) is 4.98. The molecule has 1 heterocycles. The summed E-state index contributed by atoms with van der Waals surface area (Å²) in [7, 11) is 0. The lowest BCUT2D eigenvalue weighted by atomic mass is 10.2. The number of rotatable bonds is 3. The summed E-state index contributed by atoms with van der Waals surface area (Å²) >= 11 is 1.59. The molecule has 1 aromatic carbocycles. The van der Waals surface area contributed by atoms with E-state index in [0.29, 0.717) is 0 Å². The van der Waals surface area contributed by atoms with Gasteiger partial charge in [-0.05, 0) is 31.2 Å². The lowest BCUT2D eigenvalue weighted by Gasteiger charge is -2.01. The molecule has 0 fully saturated rings. The Morgan fingerprint density at radius 2 is 2.11 bits per heavy atom. The number of amides is 1. The molecule has 1 amide bonds. The highest BCUT2D eigenvalue weighted by Crippen LogP contribution is 2.15. The van der Waals surface area contributed by atoms with Crippen molar-refractivity contribution in [3.8, 4) is 5.75 Å². The molecule has 0 aliphatic carbocycles. The van der Waals surface area contributed by atoms with Gasteiger partial charge in [-0.25, -0.2) is 5.43 Å². The SMILES string of the molecule is Cc1ccc(/C=N\NC(=O)c2ccccc2O)s1. The molecular weight excluding hydrogens is 248 g/mol. The molecule has 0 saturated heterocycles. The number of hydrogen-bond acceptors (Lipinski definition) is 4. The highest BCUT2D eigenvalue weighted by Gasteiger charge is 2.08. The smallest absolute Gasteiger partial charge is 0.275 e. The van der Waals surface area contributed by atoms with E-state index in [1.807, 2.05) is 19.1 Å². The van der Waals surface area contributed by atoms with E-state index in [0.717, 1.165) is 4.88 Å². The van der Waals surface area contributed by atoms with Crippen LogP contribution >= 0.6 is 11.3 Å². The summed E-state index contributed by atoms with van der Waals surface area (Å²) in [6, 6.07) is 10.2. The molecule has 2 rings (SSSR count). The zero-order chi connectivity index (χ0) is 13.0. The van der Waals surface area contributed by atoms with E-state index >= 15 is 0 Å². The average Bonchev–Trinajstić information content (AvgIpc) is 2.75. The monoisotopic (exact) mass is 260 g/mol. The van der Waals surface area contributed by atoms with Crippen molar-refractivity contribution in [3.05, 3.63) is 51.7 Å². The maximum absolute atomic E-state index is 11.7. The molecule has 0 unspecified atom stereocenters. The quantitative estimate of drug-likeness (QED) is 0.658. The molecule has 0 saturated carbocycles. The summed E-state index contributed by atoms with van der Waals surface area (Å²) in [6.07, 6.45) is 1.58. The second kappa shape index (κ2) is 5.46. The van der Waals surface area contributed by atoms with Crippen molar-refractivity contribution in [2.45, 2.75) is 6.92 Å². The number of thiophene rings is 1. The van der Waals surface area contributed by atoms with Crippen LogP contribution in [0.25, 0.3) is 0 Å². The Morgan fingerprint density at radius 3 is 2.78 bits per heavy atom. The van der Waals surface area contributed by atoms with Crippen LogP contribution < -0.4 is 5.43 Å². The third kappa shape index (κ3) is 2.95. The van der Waals surface area contributed by atoms with Gasteiger partial charge in [0.25, 0.3) is 5.91 Å². The van der Waals surface area contributed by atoms with Gasteiger partial charge in [0.1, 0.15) is 5.75 Å². The van der Waals surface area contributed by atoms with Gasteiger partial charge in [-0.15, -0.1) is 11.3 Å². The van der Waals surface area contributed by atoms with Crippen LogP contribution in [-0.2, 0) is 0 Å². The summed E-state index contributed by atoms with van der Waals surface area (Å²) in [4.78, 5) is 13.8. The third-order valence-electron chi connectivity index (χ3n) is 2.27. The van der Waals surface area contributed by atoms with Gasteiger partial charge in [0.2, 0.25) is 0 Å². The number of hydrogen-bond donors (Lipinski definition) is 2. The Hall–Kier alpha value is -2.14. The Labute approximate surface area is 109 Å². The first-order valence-electron chi connectivity index (χ1n) is 5.34. The number of nitrogens with one attached hydrogen (secondary N) is 1. The lowest BCUT2D eigenvalue weighted by molar-refractivity contribution is 0.0952. The van der Waals surface area contributed by atoms with Crippen LogP contribution in [0.15, 0.2) is 41.5 Å². The number of aryl methyl sites for hydroxylation is 1. The van der Waals surface area contributed by atoms with Crippen molar-refractivity contribution >= 4 is 23.5 Å². The van der Waals surface area contributed by atoms with Crippen LogP contribution in [-0.4, -0.2) is 17.2 Å². The summed E-state index contributed by atoms with van der Waals surface area (Å²) in [6.45, 7) is 2.00. The highest BCUT2D eigenvalue weighted by molar-refractivity contribution is 7.13. The molecule has 92 valence electrons. The Morgan fingerprint density at radius 1 is 1.33 bits per heavy atom. The number of carbonyl (C=O) groups excluding carboxylic acids is 1. The Bertz CT molecular complexity index is 590. The van der Waals surface area contributed by atoms with Crippen molar-refractivity contribution in [1.82, 2.24) is 5.43 Å². The van der Waals surface area contributed by atoms with Gasteiger partial charge in [0, 0.05) is 9.75 Å². The topological polar surface area (TPSA) is 61.7 Å². The number of phenolic OH excluding ortho intramolecular Hbond substituents is 1. The van der Waals surface area contributed by atoms with E-state index in [1.54, 1.807) is 29.7 Å². The van der Waals surface area contributed by atoms with E-state index in [9.17, 15) is 9.90 Å². The molecule has 0 aliphatic rings. The number of hydrazone groups is 1. The predicted octanol–water partition coefficient (Wildman–Crippen LogP) is 2.53. The molecule has 2 N–H and O–H groups in total. The molecule has 0 atom stereocenters. The zero-order valence-electron chi connectivity index (χ0n) is 9.75. The van der Waals surface area contributed by atoms with Gasteiger partial charge < -0.3 is 5.11 Å². The summed E-state index contributed by atoms with van der Waals surface area (Å²) in [5.74, 6) is -0.491. The van der Waals surface area contributed by atoms with Crippen LogP contribution in [0.2, 0.25) is 0 Å². The predicted molar refractivity (Wildman–Crippen MR) is 72.2 cm³/mol. The molecule has 2 aromatic rings. The maximum Gasteiger partial charge on any atom is 0.275 e. The number of nitrogens with zero attached hydrogens (tertiary/aromatic N) is 1. The summed E-state index contributed by atoms with van der Waals surface area (Å²) < 4.78 is 0. The molecule has 0 aliphatic heterocycles. The summed E-state index contributed by atoms with van der Waals surface area (Å²) in [5.41, 5.74) is 2.58. The number of carbonyl (C=O) groups is 1. The number of aromatic hydroxyl groups is 1. The van der Waals surface area contributed by atoms with E-state index < -0.39 is 5.91 Å².